The summed E-state index contributed by atoms with van der Waals surface area (Å²) in [5, 5.41) is 9.21. The quantitative estimate of drug-likeness (QED) is 0.446. The van der Waals surface area contributed by atoms with Gasteiger partial charge in [0, 0.05) is 23.3 Å². The zero-order chi connectivity index (χ0) is 20.9. The molecule has 30 heavy (non-hydrogen) atoms. The third-order valence-corrected chi connectivity index (χ3v) is 5.82. The highest BCUT2D eigenvalue weighted by Gasteiger charge is 2.18. The number of hydrogen-bond donors (Lipinski definition) is 1. The predicted molar refractivity (Wildman–Crippen MR) is 118 cm³/mol. The van der Waals surface area contributed by atoms with Gasteiger partial charge in [-0.15, -0.1) is 11.3 Å². The molecule has 152 valence electrons. The van der Waals surface area contributed by atoms with Crippen molar-refractivity contribution in [2.75, 3.05) is 0 Å². The Hall–Kier alpha value is -3.25. The molecule has 1 N–H and O–H groups in total. The van der Waals surface area contributed by atoms with Gasteiger partial charge in [0.2, 0.25) is 17.6 Å². The van der Waals surface area contributed by atoms with Gasteiger partial charge in [0.15, 0.2) is 0 Å². The van der Waals surface area contributed by atoms with E-state index in [1.54, 1.807) is 11.3 Å². The molecule has 0 aliphatic rings. The maximum absolute atomic E-state index is 12.7. The highest BCUT2D eigenvalue weighted by molar-refractivity contribution is 7.10. The van der Waals surface area contributed by atoms with Gasteiger partial charge in [-0.05, 0) is 30.9 Å². The molecule has 0 fully saturated rings. The van der Waals surface area contributed by atoms with Crippen LogP contribution in [0.3, 0.4) is 0 Å². The van der Waals surface area contributed by atoms with Gasteiger partial charge >= 0.3 is 0 Å². The maximum atomic E-state index is 12.7. The highest BCUT2D eigenvalue weighted by atomic mass is 32.1. The van der Waals surface area contributed by atoms with Gasteiger partial charge in [-0.1, -0.05) is 70.9 Å². The largest absolute Gasteiger partial charge is 0.344 e. The summed E-state index contributed by atoms with van der Waals surface area (Å²) >= 11 is 1.63. The molecule has 0 saturated carbocycles. The molecule has 4 rings (SSSR count). The molecule has 0 aliphatic carbocycles. The van der Waals surface area contributed by atoms with Crippen molar-refractivity contribution in [3.05, 3.63) is 93.5 Å². The van der Waals surface area contributed by atoms with Crippen LogP contribution in [0.1, 0.15) is 39.9 Å². The first-order valence-corrected chi connectivity index (χ1v) is 10.8. The average Bonchev–Trinajstić information content (AvgIpc) is 3.44. The van der Waals surface area contributed by atoms with E-state index in [0.29, 0.717) is 18.1 Å². The number of carbonyl (C=O) groups excluding carboxylic acids is 1. The normalized spacial score (nSPS) is 11.9. The molecule has 1 unspecified atom stereocenters. The average molecular weight is 418 g/mol. The monoisotopic (exact) mass is 417 g/mol. The lowest BCUT2D eigenvalue weighted by Gasteiger charge is -2.18. The van der Waals surface area contributed by atoms with Crippen LogP contribution in [0.25, 0.3) is 11.4 Å². The second kappa shape index (κ2) is 9.05. The smallest absolute Gasteiger partial charge is 0.227 e. The molecule has 0 radical (unpaired) electrons. The minimum atomic E-state index is -0.163. The Bertz CT molecular complexity index is 1100. The molecule has 1 amide bonds. The van der Waals surface area contributed by atoms with Gasteiger partial charge in [0.1, 0.15) is 0 Å². The van der Waals surface area contributed by atoms with Crippen molar-refractivity contribution < 1.29 is 9.32 Å². The number of hydrogen-bond acceptors (Lipinski definition) is 5. The van der Waals surface area contributed by atoms with Crippen LogP contribution in [0.4, 0.5) is 0 Å². The molecule has 2 aromatic carbocycles. The van der Waals surface area contributed by atoms with Gasteiger partial charge in [0.05, 0.1) is 6.04 Å². The molecule has 5 nitrogen and oxygen atoms in total. The zero-order valence-electron chi connectivity index (χ0n) is 17.0. The van der Waals surface area contributed by atoms with Crippen LogP contribution < -0.4 is 5.32 Å². The molecule has 0 spiro atoms. The highest BCUT2D eigenvalue weighted by Crippen LogP contribution is 2.26. The van der Waals surface area contributed by atoms with E-state index in [4.69, 9.17) is 4.52 Å². The van der Waals surface area contributed by atoms with Crippen molar-refractivity contribution in [3.8, 4) is 11.4 Å². The minimum absolute atomic E-state index is 0.0518. The van der Waals surface area contributed by atoms with Crippen LogP contribution in [0.2, 0.25) is 0 Å². The lowest BCUT2D eigenvalue weighted by molar-refractivity contribution is -0.121. The number of thiophene rings is 1. The van der Waals surface area contributed by atoms with E-state index in [1.165, 1.54) is 11.1 Å². The lowest BCUT2D eigenvalue weighted by Crippen LogP contribution is -2.29. The van der Waals surface area contributed by atoms with Gasteiger partial charge in [-0.3, -0.25) is 4.79 Å². The molecule has 0 bridgehead atoms. The molecule has 6 heteroatoms. The predicted octanol–water partition coefficient (Wildman–Crippen LogP) is 5.25. The molecule has 2 aromatic heterocycles. The van der Waals surface area contributed by atoms with E-state index < -0.39 is 0 Å². The summed E-state index contributed by atoms with van der Waals surface area (Å²) in [6.07, 6.45) is 0.680. The minimum Gasteiger partial charge on any atom is -0.344 e. The number of amides is 1. The van der Waals surface area contributed by atoms with Gasteiger partial charge in [0.25, 0.3) is 0 Å². The Balaban J connectivity index is 1.40. The van der Waals surface area contributed by atoms with Crippen molar-refractivity contribution in [1.29, 1.82) is 0 Å². The van der Waals surface area contributed by atoms with E-state index >= 15 is 0 Å². The summed E-state index contributed by atoms with van der Waals surface area (Å²) in [7, 11) is 0. The second-order valence-electron chi connectivity index (χ2n) is 7.30. The number of aromatic nitrogens is 2. The van der Waals surface area contributed by atoms with Crippen LogP contribution in [-0.4, -0.2) is 16.0 Å². The Morgan fingerprint density at radius 3 is 2.40 bits per heavy atom. The summed E-state index contributed by atoms with van der Waals surface area (Å²) in [5.41, 5.74) is 4.33. The van der Waals surface area contributed by atoms with E-state index in [0.717, 1.165) is 16.0 Å². The Labute approximate surface area is 179 Å². The second-order valence-corrected chi connectivity index (χ2v) is 8.28. The molecule has 1 atom stereocenters. The number of aryl methyl sites for hydroxylation is 3. The van der Waals surface area contributed by atoms with Crippen molar-refractivity contribution >= 4 is 17.2 Å². The zero-order valence-corrected chi connectivity index (χ0v) is 17.8. The summed E-state index contributed by atoms with van der Waals surface area (Å²) in [4.78, 5) is 18.2. The fourth-order valence-corrected chi connectivity index (χ4v) is 3.97. The van der Waals surface area contributed by atoms with Crippen molar-refractivity contribution in [2.45, 2.75) is 32.7 Å². The maximum Gasteiger partial charge on any atom is 0.227 e. The summed E-state index contributed by atoms with van der Waals surface area (Å²) < 4.78 is 5.34. The van der Waals surface area contributed by atoms with Crippen LogP contribution >= 0.6 is 11.3 Å². The van der Waals surface area contributed by atoms with Gasteiger partial charge in [-0.2, -0.15) is 4.98 Å². The van der Waals surface area contributed by atoms with Crippen LogP contribution in [0, 0.1) is 13.8 Å². The molecule has 2 heterocycles. The first-order chi connectivity index (χ1) is 14.6. The standard InChI is InChI=1S/C24H23N3O2S/c1-16-5-9-18(10-6-16)23(20-4-3-15-30-20)25-21(28)13-14-22-26-24(27-29-22)19-11-7-17(2)8-12-19/h3-12,15,23H,13-14H2,1-2H3,(H,25,28). The van der Waals surface area contributed by atoms with E-state index in [2.05, 4.69) is 46.6 Å². The summed E-state index contributed by atoms with van der Waals surface area (Å²) in [5.74, 6) is 0.953. The topological polar surface area (TPSA) is 68.0 Å². The van der Waals surface area contributed by atoms with Crippen LogP contribution in [-0.2, 0) is 11.2 Å². The van der Waals surface area contributed by atoms with E-state index in [-0.39, 0.29) is 18.4 Å². The van der Waals surface area contributed by atoms with Crippen molar-refractivity contribution in [2.24, 2.45) is 0 Å². The van der Waals surface area contributed by atoms with Crippen molar-refractivity contribution in [3.63, 3.8) is 0 Å². The lowest BCUT2D eigenvalue weighted by atomic mass is 10.0. The first-order valence-electron chi connectivity index (χ1n) is 9.87. The van der Waals surface area contributed by atoms with Gasteiger partial charge < -0.3 is 9.84 Å². The molecule has 0 aliphatic heterocycles. The number of nitrogens with zero attached hydrogens (tertiary/aromatic N) is 2. The molecule has 0 saturated heterocycles. The van der Waals surface area contributed by atoms with Crippen molar-refractivity contribution in [1.82, 2.24) is 15.5 Å². The summed E-state index contributed by atoms with van der Waals surface area (Å²) in [6.45, 7) is 4.09. The first kappa shape index (κ1) is 20.0. The van der Waals surface area contributed by atoms with E-state index in [1.807, 2.05) is 48.7 Å². The molecular weight excluding hydrogens is 394 g/mol. The number of nitrogens with one attached hydrogen (secondary N) is 1. The van der Waals surface area contributed by atoms with E-state index in [9.17, 15) is 4.79 Å². The Morgan fingerprint density at radius 1 is 1.03 bits per heavy atom. The number of carbonyl (C=O) groups is 1. The van der Waals surface area contributed by atoms with Gasteiger partial charge in [-0.25, -0.2) is 0 Å². The Morgan fingerprint density at radius 2 is 1.73 bits per heavy atom. The Kier molecular flexibility index (Phi) is 6.05. The van der Waals surface area contributed by atoms with Crippen LogP contribution in [0.5, 0.6) is 0 Å². The molecular formula is C24H23N3O2S. The fraction of sp³-hybridized carbons (Fsp3) is 0.208. The fourth-order valence-electron chi connectivity index (χ4n) is 3.16. The number of benzene rings is 2. The third-order valence-electron chi connectivity index (χ3n) is 4.89. The SMILES string of the molecule is Cc1ccc(-c2noc(CCC(=O)NC(c3ccc(C)cc3)c3cccs3)n2)cc1. The third kappa shape index (κ3) is 4.83. The van der Waals surface area contributed by atoms with Crippen LogP contribution in [0.15, 0.2) is 70.6 Å². The number of rotatable bonds is 7. The summed E-state index contributed by atoms with van der Waals surface area (Å²) in [6, 6.07) is 20.1. The molecule has 4 aromatic rings.